The van der Waals surface area contributed by atoms with Gasteiger partial charge in [-0.1, -0.05) is 94.5 Å². The van der Waals surface area contributed by atoms with Crippen LogP contribution in [0.2, 0.25) is 15.1 Å². The zero-order valence-electron chi connectivity index (χ0n) is 14.7. The summed E-state index contributed by atoms with van der Waals surface area (Å²) < 4.78 is 0. The minimum absolute atomic E-state index is 0.133. The summed E-state index contributed by atoms with van der Waals surface area (Å²) in [6, 6.07) is 13.8. The molecule has 0 heterocycles. The highest BCUT2D eigenvalue weighted by Gasteiger charge is 2.14. The largest absolute Gasteiger partial charge is 0.0843 e. The zero-order chi connectivity index (χ0) is 17.8. The topological polar surface area (TPSA) is 0 Å². The molecule has 0 spiro atoms. The monoisotopic (exact) mass is 370 g/mol. The van der Waals surface area contributed by atoms with Gasteiger partial charge in [0.15, 0.2) is 0 Å². The van der Waals surface area contributed by atoms with Crippen molar-refractivity contribution < 1.29 is 0 Å². The molecular weight excluding hydrogens is 347 g/mol. The highest BCUT2D eigenvalue weighted by Crippen LogP contribution is 2.29. The molecule has 0 unspecified atom stereocenters. The van der Waals surface area contributed by atoms with Gasteiger partial charge < -0.3 is 0 Å². The molecule has 0 aromatic heterocycles. The summed E-state index contributed by atoms with van der Waals surface area (Å²) >= 11 is 17.4. The van der Waals surface area contributed by atoms with Gasteiger partial charge in [-0.05, 0) is 46.2 Å². The summed E-state index contributed by atoms with van der Waals surface area (Å²) in [6.07, 6.45) is 0. The van der Waals surface area contributed by atoms with Crippen molar-refractivity contribution in [3.63, 3.8) is 0 Å². The van der Waals surface area contributed by atoms with Gasteiger partial charge in [0.1, 0.15) is 0 Å². The van der Waals surface area contributed by atoms with Crippen LogP contribution in [0.15, 0.2) is 42.5 Å². The van der Waals surface area contributed by atoms with E-state index < -0.39 is 0 Å². The van der Waals surface area contributed by atoms with E-state index in [1.165, 1.54) is 11.1 Å². The molecule has 0 aliphatic carbocycles. The molecule has 0 aliphatic heterocycles. The second-order valence-electron chi connectivity index (χ2n) is 7.64. The lowest BCUT2D eigenvalue weighted by Gasteiger charge is -2.19. The molecule has 126 valence electrons. The Morgan fingerprint density at radius 1 is 0.565 bits per heavy atom. The quantitative estimate of drug-likeness (QED) is 0.441. The highest BCUT2D eigenvalue weighted by atomic mass is 35.5. The Morgan fingerprint density at radius 3 is 1.39 bits per heavy atom. The summed E-state index contributed by atoms with van der Waals surface area (Å²) in [4.78, 5) is 0. The van der Waals surface area contributed by atoms with Crippen molar-refractivity contribution in [1.82, 2.24) is 0 Å². The van der Waals surface area contributed by atoms with Crippen LogP contribution in [-0.4, -0.2) is 0 Å². The Kier molecular flexibility index (Phi) is 7.01. The van der Waals surface area contributed by atoms with Gasteiger partial charge in [0.2, 0.25) is 0 Å². The maximum Gasteiger partial charge on any atom is 0.0595 e. The maximum atomic E-state index is 5.89. The van der Waals surface area contributed by atoms with Crippen molar-refractivity contribution in [2.24, 2.45) is 0 Å². The van der Waals surface area contributed by atoms with Gasteiger partial charge in [0.05, 0.1) is 10.0 Å². The average Bonchev–Trinajstić information content (AvgIpc) is 2.41. The Labute approximate surface area is 155 Å². The van der Waals surface area contributed by atoms with E-state index in [9.17, 15) is 0 Å². The van der Waals surface area contributed by atoms with Crippen LogP contribution < -0.4 is 0 Å². The minimum atomic E-state index is 0.133. The van der Waals surface area contributed by atoms with Gasteiger partial charge >= 0.3 is 0 Å². The lowest BCUT2D eigenvalue weighted by molar-refractivity contribution is 0.590. The summed E-state index contributed by atoms with van der Waals surface area (Å²) in [5.41, 5.74) is 2.89. The second-order valence-corrected chi connectivity index (χ2v) is 8.89. The average molecular weight is 372 g/mol. The van der Waals surface area contributed by atoms with Crippen LogP contribution >= 0.6 is 34.8 Å². The van der Waals surface area contributed by atoms with E-state index >= 15 is 0 Å². The highest BCUT2D eigenvalue weighted by molar-refractivity contribution is 6.42. The van der Waals surface area contributed by atoms with Crippen LogP contribution in [0.4, 0.5) is 0 Å². The van der Waals surface area contributed by atoms with Crippen molar-refractivity contribution in [3.8, 4) is 0 Å². The predicted octanol–water partition coefficient (Wildman–Crippen LogP) is 7.93. The fourth-order valence-corrected chi connectivity index (χ4v) is 2.34. The first-order chi connectivity index (χ1) is 10.4. The van der Waals surface area contributed by atoms with Crippen molar-refractivity contribution in [1.29, 1.82) is 0 Å². The SMILES string of the molecule is CC(C)(C)c1ccc(Cl)c(Cl)c1.CC(C)(C)c1ccc(Cl)cc1. The van der Waals surface area contributed by atoms with Crippen LogP contribution in [0.1, 0.15) is 52.7 Å². The van der Waals surface area contributed by atoms with Gasteiger partial charge in [-0.15, -0.1) is 0 Å². The molecular formula is C20H25Cl3. The van der Waals surface area contributed by atoms with E-state index in [0.29, 0.717) is 10.0 Å². The van der Waals surface area contributed by atoms with Gasteiger partial charge in [-0.2, -0.15) is 0 Å². The van der Waals surface area contributed by atoms with Crippen LogP contribution in [0.5, 0.6) is 0 Å². The Bertz CT molecular complexity index is 629. The second kappa shape index (κ2) is 7.92. The van der Waals surface area contributed by atoms with E-state index in [0.717, 1.165) is 5.02 Å². The third-order valence-corrected chi connectivity index (χ3v) is 4.49. The first kappa shape index (κ1) is 20.4. The molecule has 0 saturated carbocycles. The lowest BCUT2D eigenvalue weighted by Crippen LogP contribution is -2.10. The molecule has 2 aromatic carbocycles. The maximum absolute atomic E-state index is 5.89. The molecule has 0 amide bonds. The molecule has 0 nitrogen and oxygen atoms in total. The Morgan fingerprint density at radius 2 is 1.00 bits per heavy atom. The molecule has 2 aromatic rings. The molecule has 0 aliphatic rings. The van der Waals surface area contributed by atoms with Gasteiger partial charge in [-0.25, -0.2) is 0 Å². The third kappa shape index (κ3) is 6.75. The first-order valence-corrected chi connectivity index (χ1v) is 8.76. The standard InChI is InChI=1S/C10H12Cl2.C10H13Cl/c1-10(2,3)7-4-5-8(11)9(12)6-7;1-10(2,3)8-4-6-9(11)7-5-8/h4-6H,1-3H3;4-7H,1-3H3. The minimum Gasteiger partial charge on any atom is -0.0843 e. The van der Waals surface area contributed by atoms with Crippen LogP contribution in [-0.2, 0) is 10.8 Å². The van der Waals surface area contributed by atoms with E-state index in [-0.39, 0.29) is 10.8 Å². The lowest BCUT2D eigenvalue weighted by atomic mass is 9.87. The van der Waals surface area contributed by atoms with Gasteiger partial charge in [0.25, 0.3) is 0 Å². The van der Waals surface area contributed by atoms with E-state index in [2.05, 4.69) is 53.7 Å². The molecule has 0 fully saturated rings. The molecule has 0 radical (unpaired) electrons. The van der Waals surface area contributed by atoms with Crippen molar-refractivity contribution in [3.05, 3.63) is 68.7 Å². The fourth-order valence-electron chi connectivity index (χ4n) is 1.91. The smallest absolute Gasteiger partial charge is 0.0595 e. The summed E-state index contributed by atoms with van der Waals surface area (Å²) in [5.74, 6) is 0. The van der Waals surface area contributed by atoms with E-state index in [4.69, 9.17) is 34.8 Å². The predicted molar refractivity (Wildman–Crippen MR) is 105 cm³/mol. The number of halogens is 3. The van der Waals surface area contributed by atoms with Gasteiger partial charge in [-0.3, -0.25) is 0 Å². The number of rotatable bonds is 0. The van der Waals surface area contributed by atoms with Crippen LogP contribution in [0, 0.1) is 0 Å². The molecule has 23 heavy (non-hydrogen) atoms. The van der Waals surface area contributed by atoms with E-state index in [1.54, 1.807) is 0 Å². The van der Waals surface area contributed by atoms with Crippen molar-refractivity contribution >= 4 is 34.8 Å². The Hall–Kier alpha value is -0.690. The molecule has 0 atom stereocenters. The molecule has 0 bridgehead atoms. The summed E-state index contributed by atoms with van der Waals surface area (Å²) in [6.45, 7) is 13.0. The van der Waals surface area contributed by atoms with Crippen LogP contribution in [0.25, 0.3) is 0 Å². The normalized spacial score (nSPS) is 11.7. The third-order valence-electron chi connectivity index (χ3n) is 3.50. The van der Waals surface area contributed by atoms with Crippen molar-refractivity contribution in [2.45, 2.75) is 52.4 Å². The number of hydrogen-bond donors (Lipinski definition) is 0. The van der Waals surface area contributed by atoms with E-state index in [1.807, 2.05) is 30.3 Å². The molecule has 0 saturated heterocycles. The summed E-state index contributed by atoms with van der Waals surface area (Å²) in [5, 5.41) is 2.05. The molecule has 0 N–H and O–H groups in total. The van der Waals surface area contributed by atoms with Gasteiger partial charge in [0, 0.05) is 5.02 Å². The molecule has 2 rings (SSSR count). The zero-order valence-corrected chi connectivity index (χ0v) is 16.9. The number of hydrogen-bond acceptors (Lipinski definition) is 0. The summed E-state index contributed by atoms with van der Waals surface area (Å²) in [7, 11) is 0. The Balaban J connectivity index is 0.000000231. The first-order valence-electron chi connectivity index (χ1n) is 7.63. The fraction of sp³-hybridized carbons (Fsp3) is 0.400. The molecule has 3 heteroatoms. The number of benzene rings is 2. The van der Waals surface area contributed by atoms with Crippen LogP contribution in [0.3, 0.4) is 0 Å². The van der Waals surface area contributed by atoms with Crippen molar-refractivity contribution in [2.75, 3.05) is 0 Å².